The van der Waals surface area contributed by atoms with Crippen molar-refractivity contribution in [2.24, 2.45) is 0 Å². The molecule has 0 aliphatic heterocycles. The van der Waals surface area contributed by atoms with Crippen LogP contribution in [0.2, 0.25) is 0 Å². The fraction of sp³-hybridized carbons (Fsp3) is 0. The second kappa shape index (κ2) is 4.27. The lowest BCUT2D eigenvalue weighted by atomic mass is 10.0. The standard InChI is InChI=1S/C14H10N6/c1-3-10(13-17-19-20-18-13)4-2-9(1)11-5-7-15-14-12(11)6-8-16-14/h1-8H,(H,15,16)(H,17,18,19,20). The molecule has 0 bridgehead atoms. The molecule has 20 heavy (non-hydrogen) atoms. The molecule has 0 unspecified atom stereocenters. The first kappa shape index (κ1) is 10.9. The van der Waals surface area contributed by atoms with E-state index in [9.17, 15) is 0 Å². The summed E-state index contributed by atoms with van der Waals surface area (Å²) in [6.07, 6.45) is 3.70. The number of pyridine rings is 1. The van der Waals surface area contributed by atoms with Gasteiger partial charge >= 0.3 is 0 Å². The topological polar surface area (TPSA) is 83.1 Å². The summed E-state index contributed by atoms with van der Waals surface area (Å²) in [7, 11) is 0. The highest BCUT2D eigenvalue weighted by Gasteiger charge is 2.07. The molecule has 2 N–H and O–H groups in total. The Morgan fingerprint density at radius 3 is 2.55 bits per heavy atom. The lowest BCUT2D eigenvalue weighted by Crippen LogP contribution is -1.84. The number of H-pyrrole nitrogens is 2. The molecule has 1 aromatic carbocycles. The molecule has 4 rings (SSSR count). The molecule has 0 aliphatic carbocycles. The SMILES string of the molecule is c1cc(-c2ccc(-c3nn[nH]n3)cc2)c2cc[nH]c2n1. The average Bonchev–Trinajstić information content (AvgIpc) is 3.18. The van der Waals surface area contributed by atoms with Crippen LogP contribution in [0, 0.1) is 0 Å². The van der Waals surface area contributed by atoms with Crippen molar-refractivity contribution < 1.29 is 0 Å². The summed E-state index contributed by atoms with van der Waals surface area (Å²) in [5.74, 6) is 0.595. The van der Waals surface area contributed by atoms with Crippen LogP contribution in [0.5, 0.6) is 0 Å². The summed E-state index contributed by atoms with van der Waals surface area (Å²) in [6.45, 7) is 0. The van der Waals surface area contributed by atoms with Crippen LogP contribution in [0.1, 0.15) is 0 Å². The van der Waals surface area contributed by atoms with E-state index in [1.807, 2.05) is 42.6 Å². The Bertz CT molecular complexity index is 845. The number of aromatic nitrogens is 6. The quantitative estimate of drug-likeness (QED) is 0.581. The Kier molecular flexibility index (Phi) is 2.32. The summed E-state index contributed by atoms with van der Waals surface area (Å²) in [6, 6.07) is 12.1. The maximum atomic E-state index is 4.30. The molecule has 0 fully saturated rings. The minimum absolute atomic E-state index is 0.595. The highest BCUT2D eigenvalue weighted by molar-refractivity contribution is 5.93. The molecule has 0 aliphatic rings. The average molecular weight is 262 g/mol. The second-order valence-electron chi connectivity index (χ2n) is 4.41. The monoisotopic (exact) mass is 262 g/mol. The zero-order valence-electron chi connectivity index (χ0n) is 10.4. The number of hydrogen-bond donors (Lipinski definition) is 2. The van der Waals surface area contributed by atoms with E-state index < -0.39 is 0 Å². The van der Waals surface area contributed by atoms with Crippen LogP contribution in [0.15, 0.2) is 48.8 Å². The van der Waals surface area contributed by atoms with Crippen LogP contribution in [0.4, 0.5) is 0 Å². The number of nitrogens with zero attached hydrogens (tertiary/aromatic N) is 4. The van der Waals surface area contributed by atoms with E-state index in [2.05, 4.69) is 30.6 Å². The number of fused-ring (bicyclic) bond motifs is 1. The first-order chi connectivity index (χ1) is 9.92. The summed E-state index contributed by atoms with van der Waals surface area (Å²) in [4.78, 5) is 7.42. The first-order valence-corrected chi connectivity index (χ1v) is 6.18. The molecule has 0 saturated heterocycles. The third-order valence-electron chi connectivity index (χ3n) is 3.26. The molecule has 3 heterocycles. The molecule has 0 amide bonds. The van der Waals surface area contributed by atoms with Crippen molar-refractivity contribution in [1.29, 1.82) is 0 Å². The lowest BCUT2D eigenvalue weighted by Gasteiger charge is -2.04. The molecule has 0 saturated carbocycles. The van der Waals surface area contributed by atoms with E-state index in [1.165, 1.54) is 0 Å². The summed E-state index contributed by atoms with van der Waals surface area (Å²) in [5, 5.41) is 15.1. The van der Waals surface area contributed by atoms with Gasteiger partial charge in [-0.05, 0) is 28.5 Å². The summed E-state index contributed by atoms with van der Waals surface area (Å²) < 4.78 is 0. The van der Waals surface area contributed by atoms with E-state index in [1.54, 1.807) is 6.20 Å². The molecule has 0 spiro atoms. The van der Waals surface area contributed by atoms with Gasteiger partial charge in [0, 0.05) is 23.3 Å². The van der Waals surface area contributed by atoms with Crippen molar-refractivity contribution in [2.45, 2.75) is 0 Å². The number of rotatable bonds is 2. The van der Waals surface area contributed by atoms with Crippen LogP contribution >= 0.6 is 0 Å². The van der Waals surface area contributed by atoms with Gasteiger partial charge in [-0.15, -0.1) is 10.2 Å². The van der Waals surface area contributed by atoms with Gasteiger partial charge in [-0.1, -0.05) is 24.3 Å². The van der Waals surface area contributed by atoms with E-state index in [4.69, 9.17) is 0 Å². The highest BCUT2D eigenvalue weighted by Crippen LogP contribution is 2.28. The van der Waals surface area contributed by atoms with Crippen molar-refractivity contribution >= 4 is 11.0 Å². The van der Waals surface area contributed by atoms with E-state index >= 15 is 0 Å². The Labute approximate surface area is 113 Å². The van der Waals surface area contributed by atoms with Crippen LogP contribution in [-0.2, 0) is 0 Å². The van der Waals surface area contributed by atoms with Gasteiger partial charge in [-0.3, -0.25) is 0 Å². The Hall–Kier alpha value is -3.02. The van der Waals surface area contributed by atoms with Gasteiger partial charge in [0.15, 0.2) is 0 Å². The number of nitrogens with one attached hydrogen (secondary N) is 2. The molecular formula is C14H10N6. The molecular weight excluding hydrogens is 252 g/mol. The predicted octanol–water partition coefficient (Wildman–Crippen LogP) is 2.41. The smallest absolute Gasteiger partial charge is 0.204 e. The highest BCUT2D eigenvalue weighted by atomic mass is 15.5. The fourth-order valence-electron chi connectivity index (χ4n) is 2.30. The zero-order chi connectivity index (χ0) is 13.4. The molecule has 6 heteroatoms. The van der Waals surface area contributed by atoms with E-state index in [-0.39, 0.29) is 0 Å². The molecule has 6 nitrogen and oxygen atoms in total. The van der Waals surface area contributed by atoms with Crippen molar-refractivity contribution in [1.82, 2.24) is 30.6 Å². The zero-order valence-corrected chi connectivity index (χ0v) is 10.4. The van der Waals surface area contributed by atoms with Crippen molar-refractivity contribution in [3.05, 3.63) is 48.8 Å². The second-order valence-corrected chi connectivity index (χ2v) is 4.41. The van der Waals surface area contributed by atoms with Crippen LogP contribution in [0.25, 0.3) is 33.5 Å². The van der Waals surface area contributed by atoms with Gasteiger partial charge in [-0.2, -0.15) is 5.21 Å². The number of benzene rings is 1. The third kappa shape index (κ3) is 1.66. The maximum absolute atomic E-state index is 4.30. The Balaban J connectivity index is 1.81. The van der Waals surface area contributed by atoms with Crippen LogP contribution in [0.3, 0.4) is 0 Å². The number of hydrogen-bond acceptors (Lipinski definition) is 4. The van der Waals surface area contributed by atoms with Gasteiger partial charge in [0.2, 0.25) is 5.82 Å². The van der Waals surface area contributed by atoms with Gasteiger partial charge in [-0.25, -0.2) is 4.98 Å². The third-order valence-corrected chi connectivity index (χ3v) is 3.26. The van der Waals surface area contributed by atoms with E-state index in [0.717, 1.165) is 27.7 Å². The van der Waals surface area contributed by atoms with Gasteiger partial charge in [0.1, 0.15) is 5.65 Å². The summed E-state index contributed by atoms with van der Waals surface area (Å²) >= 11 is 0. The largest absolute Gasteiger partial charge is 0.346 e. The number of tetrazole rings is 1. The number of aromatic amines is 2. The van der Waals surface area contributed by atoms with Crippen molar-refractivity contribution in [2.75, 3.05) is 0 Å². The van der Waals surface area contributed by atoms with Crippen molar-refractivity contribution in [3.63, 3.8) is 0 Å². The minimum Gasteiger partial charge on any atom is -0.346 e. The minimum atomic E-state index is 0.595. The maximum Gasteiger partial charge on any atom is 0.204 e. The van der Waals surface area contributed by atoms with Gasteiger partial charge in [0.25, 0.3) is 0 Å². The molecule has 0 atom stereocenters. The van der Waals surface area contributed by atoms with Crippen molar-refractivity contribution in [3.8, 4) is 22.5 Å². The molecule has 96 valence electrons. The Morgan fingerprint density at radius 1 is 0.900 bits per heavy atom. The predicted molar refractivity (Wildman–Crippen MR) is 74.7 cm³/mol. The lowest BCUT2D eigenvalue weighted by molar-refractivity contribution is 0.881. The van der Waals surface area contributed by atoms with E-state index in [0.29, 0.717) is 5.82 Å². The first-order valence-electron chi connectivity index (χ1n) is 6.18. The van der Waals surface area contributed by atoms with Gasteiger partial charge in [0.05, 0.1) is 0 Å². The fourth-order valence-corrected chi connectivity index (χ4v) is 2.30. The van der Waals surface area contributed by atoms with Crippen LogP contribution < -0.4 is 0 Å². The summed E-state index contributed by atoms with van der Waals surface area (Å²) in [5.41, 5.74) is 4.10. The Morgan fingerprint density at radius 2 is 1.75 bits per heavy atom. The molecule has 3 aromatic heterocycles. The normalized spacial score (nSPS) is 11.0. The molecule has 4 aromatic rings. The van der Waals surface area contributed by atoms with Gasteiger partial charge < -0.3 is 4.98 Å². The van der Waals surface area contributed by atoms with Crippen LogP contribution in [-0.4, -0.2) is 30.6 Å². The molecule has 0 radical (unpaired) electrons.